The third-order valence-corrected chi connectivity index (χ3v) is 4.11. The van der Waals surface area contributed by atoms with Gasteiger partial charge in [0.15, 0.2) is 11.6 Å². The Bertz CT molecular complexity index is 403. The predicted octanol–water partition coefficient (Wildman–Crippen LogP) is 3.62. The summed E-state index contributed by atoms with van der Waals surface area (Å²) < 4.78 is 11.1. The van der Waals surface area contributed by atoms with Gasteiger partial charge in [0.05, 0.1) is 6.61 Å². The Hall–Kier alpha value is 0.310. The Balaban J connectivity index is 2.32. The molecule has 1 unspecified atom stereocenters. The second-order valence-corrected chi connectivity index (χ2v) is 10.3. The predicted molar refractivity (Wildman–Crippen MR) is 96.6 cm³/mol. The van der Waals surface area contributed by atoms with Crippen molar-refractivity contribution < 1.29 is 19.4 Å². The van der Waals surface area contributed by atoms with Crippen LogP contribution in [0.1, 0.15) is 47.0 Å². The molecule has 1 aliphatic rings. The zero-order valence-corrected chi connectivity index (χ0v) is 16.6. The molecule has 22 heavy (non-hydrogen) atoms. The van der Waals surface area contributed by atoms with E-state index in [4.69, 9.17) is 21.1 Å². The van der Waals surface area contributed by atoms with Gasteiger partial charge in [-0.3, -0.25) is 4.79 Å². The van der Waals surface area contributed by atoms with Gasteiger partial charge in [-0.2, -0.15) is 0 Å². The molecule has 0 radical (unpaired) electrons. The van der Waals surface area contributed by atoms with E-state index < -0.39 is 18.0 Å². The van der Waals surface area contributed by atoms with Gasteiger partial charge in [-0.1, -0.05) is 36.4 Å². The van der Waals surface area contributed by atoms with Crippen LogP contribution in [0.4, 0.5) is 0 Å². The first-order valence-electron chi connectivity index (χ1n) is 7.52. The number of aliphatic hydroxyl groups is 1. The number of ketones is 1. The smallest absolute Gasteiger partial charge is 0.163 e. The average Bonchev–Trinajstić information content (AvgIpc) is 2.72. The lowest BCUT2D eigenvalue weighted by Gasteiger charge is -2.19. The van der Waals surface area contributed by atoms with E-state index in [-0.39, 0.29) is 14.6 Å². The molecule has 0 bridgehead atoms. The summed E-state index contributed by atoms with van der Waals surface area (Å²) in [7, 11) is 0. The van der Waals surface area contributed by atoms with E-state index in [1.165, 1.54) is 12.2 Å². The minimum absolute atomic E-state index is 0.0125. The van der Waals surface area contributed by atoms with Gasteiger partial charge in [0.1, 0.15) is 12.2 Å². The first-order chi connectivity index (χ1) is 9.98. The molecule has 1 rings (SSSR count). The highest BCUT2D eigenvalue weighted by molar-refractivity contribution is 14.1. The monoisotopic (exact) mass is 444 g/mol. The van der Waals surface area contributed by atoms with E-state index in [2.05, 4.69) is 36.4 Å². The summed E-state index contributed by atoms with van der Waals surface area (Å²) >= 11 is 8.60. The third-order valence-electron chi connectivity index (χ3n) is 3.30. The Kier molecular flexibility index (Phi) is 7.79. The van der Waals surface area contributed by atoms with E-state index in [0.717, 1.165) is 6.42 Å². The van der Waals surface area contributed by atoms with Crippen molar-refractivity contribution in [1.29, 1.82) is 0 Å². The maximum atomic E-state index is 11.8. The second-order valence-electron chi connectivity index (χ2n) is 6.74. The normalized spacial score (nSPS) is 24.6. The van der Waals surface area contributed by atoms with Crippen molar-refractivity contribution >= 4 is 40.0 Å². The molecule has 1 aliphatic heterocycles. The van der Waals surface area contributed by atoms with Gasteiger partial charge >= 0.3 is 0 Å². The number of halogens is 2. The SMILES string of the molecule is CC(C)(I)C[C@H](Cl)CCC(=O)/C=C/C(O)[C@H]1COC(C)(C)O1. The lowest BCUT2D eigenvalue weighted by Crippen LogP contribution is -2.29. The number of ether oxygens (including phenoxy) is 2. The van der Waals surface area contributed by atoms with Crippen LogP contribution >= 0.6 is 34.2 Å². The zero-order chi connectivity index (χ0) is 17.0. The van der Waals surface area contributed by atoms with Crippen molar-refractivity contribution in [2.75, 3.05) is 6.61 Å². The lowest BCUT2D eigenvalue weighted by molar-refractivity contribution is -0.147. The van der Waals surface area contributed by atoms with E-state index in [1.54, 1.807) is 13.8 Å². The van der Waals surface area contributed by atoms with Crippen molar-refractivity contribution in [1.82, 2.24) is 0 Å². The molecule has 0 aromatic heterocycles. The number of carbonyl (C=O) groups is 1. The fourth-order valence-electron chi connectivity index (χ4n) is 2.22. The lowest BCUT2D eigenvalue weighted by atomic mass is 10.0. The zero-order valence-electron chi connectivity index (χ0n) is 13.6. The standard InChI is InChI=1S/C16H26ClIO4/c1-15(2,18)9-11(17)5-6-12(19)7-8-13(20)14-10-21-16(3,4)22-14/h7-8,11,13-14,20H,5-6,9-10H2,1-4H3/b8-7+/t11-,13?,14-/m1/s1. The van der Waals surface area contributed by atoms with E-state index in [9.17, 15) is 9.90 Å². The van der Waals surface area contributed by atoms with Crippen LogP contribution in [0.3, 0.4) is 0 Å². The van der Waals surface area contributed by atoms with Crippen LogP contribution in [0.15, 0.2) is 12.2 Å². The summed E-state index contributed by atoms with van der Waals surface area (Å²) in [6, 6.07) is 0. The molecule has 1 N–H and O–H groups in total. The fourth-order valence-corrected chi connectivity index (χ4v) is 3.51. The number of hydrogen-bond acceptors (Lipinski definition) is 4. The highest BCUT2D eigenvalue weighted by atomic mass is 127. The Labute approximate surface area is 151 Å². The molecule has 1 saturated heterocycles. The molecule has 1 heterocycles. The molecule has 3 atom stereocenters. The van der Waals surface area contributed by atoms with Crippen LogP contribution in [-0.2, 0) is 14.3 Å². The molecule has 6 heteroatoms. The summed E-state index contributed by atoms with van der Waals surface area (Å²) in [5.74, 6) is -0.712. The molecule has 1 fully saturated rings. The van der Waals surface area contributed by atoms with Gasteiger partial charge in [-0.05, 0) is 38.8 Å². The highest BCUT2D eigenvalue weighted by Crippen LogP contribution is 2.27. The van der Waals surface area contributed by atoms with Crippen LogP contribution in [0.2, 0.25) is 0 Å². The largest absolute Gasteiger partial charge is 0.386 e. The number of carbonyl (C=O) groups excluding carboxylic acids is 1. The van der Waals surface area contributed by atoms with Gasteiger partial charge < -0.3 is 14.6 Å². The number of rotatable bonds is 8. The summed E-state index contributed by atoms with van der Waals surface area (Å²) in [5, 5.41) is 9.98. The maximum absolute atomic E-state index is 11.8. The van der Waals surface area contributed by atoms with Crippen LogP contribution < -0.4 is 0 Å². The summed E-state index contributed by atoms with van der Waals surface area (Å²) in [6.45, 7) is 8.15. The molecular weight excluding hydrogens is 419 g/mol. The Morgan fingerprint density at radius 3 is 2.68 bits per heavy atom. The number of aliphatic hydroxyl groups excluding tert-OH is 1. The minimum Gasteiger partial charge on any atom is -0.386 e. The molecule has 4 nitrogen and oxygen atoms in total. The molecule has 0 amide bonds. The van der Waals surface area contributed by atoms with Gasteiger partial charge in [-0.15, -0.1) is 11.6 Å². The Morgan fingerprint density at radius 2 is 2.18 bits per heavy atom. The topological polar surface area (TPSA) is 55.8 Å². The number of hydrogen-bond donors (Lipinski definition) is 1. The van der Waals surface area contributed by atoms with Gasteiger partial charge in [0.25, 0.3) is 0 Å². The summed E-state index contributed by atoms with van der Waals surface area (Å²) in [6.07, 6.45) is 3.50. The molecule has 0 aromatic rings. The maximum Gasteiger partial charge on any atom is 0.163 e. The van der Waals surface area contributed by atoms with Crippen molar-refractivity contribution in [3.63, 3.8) is 0 Å². The summed E-state index contributed by atoms with van der Waals surface area (Å²) in [4.78, 5) is 11.8. The first kappa shape index (κ1) is 20.4. The van der Waals surface area contributed by atoms with Gasteiger partial charge in [0.2, 0.25) is 0 Å². The molecular formula is C16H26ClIO4. The van der Waals surface area contributed by atoms with E-state index >= 15 is 0 Å². The van der Waals surface area contributed by atoms with Gasteiger partial charge in [-0.25, -0.2) is 0 Å². The van der Waals surface area contributed by atoms with Crippen molar-refractivity contribution in [2.45, 2.75) is 73.8 Å². The minimum atomic E-state index is -0.842. The van der Waals surface area contributed by atoms with E-state index in [0.29, 0.717) is 19.4 Å². The molecule has 0 aromatic carbocycles. The van der Waals surface area contributed by atoms with Crippen molar-refractivity contribution in [3.8, 4) is 0 Å². The molecule has 128 valence electrons. The summed E-state index contributed by atoms with van der Waals surface area (Å²) in [5.41, 5.74) is 0. The molecule has 0 saturated carbocycles. The third kappa shape index (κ3) is 8.24. The van der Waals surface area contributed by atoms with Crippen molar-refractivity contribution in [3.05, 3.63) is 12.2 Å². The van der Waals surface area contributed by atoms with Crippen molar-refractivity contribution in [2.24, 2.45) is 0 Å². The first-order valence-corrected chi connectivity index (χ1v) is 9.04. The van der Waals surface area contributed by atoms with Gasteiger partial charge in [0, 0.05) is 15.2 Å². The number of alkyl halides is 2. The van der Waals surface area contributed by atoms with E-state index in [1.807, 2.05) is 0 Å². The Morgan fingerprint density at radius 1 is 1.55 bits per heavy atom. The second kappa shape index (κ2) is 8.42. The van der Waals surface area contributed by atoms with Crippen LogP contribution in [0.5, 0.6) is 0 Å². The van der Waals surface area contributed by atoms with Crippen LogP contribution in [-0.4, -0.2) is 44.3 Å². The average molecular weight is 445 g/mol. The highest BCUT2D eigenvalue weighted by Gasteiger charge is 2.35. The van der Waals surface area contributed by atoms with Crippen LogP contribution in [0, 0.1) is 0 Å². The van der Waals surface area contributed by atoms with Crippen LogP contribution in [0.25, 0.3) is 0 Å². The number of allylic oxidation sites excluding steroid dienone is 1. The quantitative estimate of drug-likeness (QED) is 0.353. The fraction of sp³-hybridized carbons (Fsp3) is 0.812. The molecule has 0 spiro atoms. The molecule has 0 aliphatic carbocycles.